The molecule has 0 bridgehead atoms. The van der Waals surface area contributed by atoms with Crippen LogP contribution in [0.3, 0.4) is 0 Å². The molecule has 0 unspecified atom stereocenters. The monoisotopic (exact) mass is 395 g/mol. The maximum Gasteiger partial charge on any atom is 0.257 e. The number of halogens is 4. The summed E-state index contributed by atoms with van der Waals surface area (Å²) in [6.45, 7) is 0. The zero-order valence-corrected chi connectivity index (χ0v) is 12.6. The largest absolute Gasteiger partial charge is 0.322 e. The SMILES string of the molecule is O=C(Nc1ccc(F)c(F)c1)c1cc(Br)sc1Br. The summed E-state index contributed by atoms with van der Waals surface area (Å²) in [6.07, 6.45) is 0. The third-order valence-electron chi connectivity index (χ3n) is 2.08. The van der Waals surface area contributed by atoms with Crippen molar-refractivity contribution in [3.8, 4) is 0 Å². The number of carbonyl (C=O) groups is 1. The van der Waals surface area contributed by atoms with Crippen LogP contribution in [0.4, 0.5) is 14.5 Å². The number of amides is 1. The van der Waals surface area contributed by atoms with E-state index in [-0.39, 0.29) is 5.69 Å². The Morgan fingerprint density at radius 3 is 2.44 bits per heavy atom. The van der Waals surface area contributed by atoms with Crippen LogP contribution in [0.1, 0.15) is 10.4 Å². The second kappa shape index (κ2) is 5.46. The van der Waals surface area contributed by atoms with Crippen LogP contribution in [0.25, 0.3) is 0 Å². The predicted octanol–water partition coefficient (Wildman–Crippen LogP) is 4.80. The van der Waals surface area contributed by atoms with Gasteiger partial charge in [0, 0.05) is 11.8 Å². The topological polar surface area (TPSA) is 29.1 Å². The van der Waals surface area contributed by atoms with E-state index in [0.717, 1.165) is 15.9 Å². The van der Waals surface area contributed by atoms with Crippen molar-refractivity contribution in [2.75, 3.05) is 5.32 Å². The van der Waals surface area contributed by atoms with Crippen molar-refractivity contribution in [1.82, 2.24) is 0 Å². The highest BCUT2D eigenvalue weighted by atomic mass is 79.9. The molecule has 94 valence electrons. The lowest BCUT2D eigenvalue weighted by atomic mass is 10.2. The van der Waals surface area contributed by atoms with E-state index in [4.69, 9.17) is 0 Å². The molecular formula is C11H5Br2F2NOS. The van der Waals surface area contributed by atoms with Gasteiger partial charge in [-0.2, -0.15) is 0 Å². The first-order chi connectivity index (χ1) is 8.47. The fraction of sp³-hybridized carbons (Fsp3) is 0. The normalized spacial score (nSPS) is 10.4. The molecule has 7 heteroatoms. The van der Waals surface area contributed by atoms with Gasteiger partial charge >= 0.3 is 0 Å². The molecule has 1 aromatic carbocycles. The first kappa shape index (κ1) is 13.6. The third kappa shape index (κ3) is 2.96. The van der Waals surface area contributed by atoms with Crippen LogP contribution in [-0.2, 0) is 0 Å². The third-order valence-corrected chi connectivity index (χ3v) is 4.42. The van der Waals surface area contributed by atoms with Gasteiger partial charge in [0.2, 0.25) is 0 Å². The van der Waals surface area contributed by atoms with Crippen LogP contribution in [0.2, 0.25) is 0 Å². The Morgan fingerprint density at radius 1 is 1.17 bits per heavy atom. The molecule has 0 atom stereocenters. The Balaban J connectivity index is 2.21. The van der Waals surface area contributed by atoms with Crippen molar-refractivity contribution in [3.05, 3.63) is 49.0 Å². The minimum atomic E-state index is -1.00. The quantitative estimate of drug-likeness (QED) is 0.775. The maximum absolute atomic E-state index is 13.0. The standard InChI is InChI=1S/C11H5Br2F2NOS/c12-9-4-6(10(13)18-9)11(17)16-5-1-2-7(14)8(15)3-5/h1-4H,(H,16,17). The smallest absolute Gasteiger partial charge is 0.257 e. The fourth-order valence-electron chi connectivity index (χ4n) is 1.27. The Kier molecular flexibility index (Phi) is 4.14. The summed E-state index contributed by atoms with van der Waals surface area (Å²) in [5.74, 6) is -2.35. The number of rotatable bonds is 2. The second-order valence-corrected chi connectivity index (χ2v) is 7.07. The summed E-state index contributed by atoms with van der Waals surface area (Å²) in [5, 5.41) is 2.49. The van der Waals surface area contributed by atoms with Crippen LogP contribution in [0, 0.1) is 11.6 Å². The first-order valence-electron chi connectivity index (χ1n) is 4.68. The molecule has 0 fully saturated rings. The number of benzene rings is 1. The number of carbonyl (C=O) groups excluding carboxylic acids is 1. The van der Waals surface area contributed by atoms with Crippen molar-refractivity contribution >= 4 is 54.8 Å². The first-order valence-corrected chi connectivity index (χ1v) is 7.09. The summed E-state index contributed by atoms with van der Waals surface area (Å²) in [5.41, 5.74) is 0.629. The number of hydrogen-bond donors (Lipinski definition) is 1. The summed E-state index contributed by atoms with van der Waals surface area (Å²) < 4.78 is 27.2. The van der Waals surface area contributed by atoms with Crippen LogP contribution in [0.15, 0.2) is 31.8 Å². The predicted molar refractivity (Wildman–Crippen MR) is 74.0 cm³/mol. The van der Waals surface area contributed by atoms with Crippen LogP contribution >= 0.6 is 43.2 Å². The van der Waals surface area contributed by atoms with Crippen molar-refractivity contribution in [1.29, 1.82) is 0 Å². The Hall–Kier alpha value is -0.790. The van der Waals surface area contributed by atoms with Crippen LogP contribution in [0.5, 0.6) is 0 Å². The summed E-state index contributed by atoms with van der Waals surface area (Å²) in [7, 11) is 0. The van der Waals surface area contributed by atoms with E-state index in [1.165, 1.54) is 17.4 Å². The zero-order valence-electron chi connectivity index (χ0n) is 8.64. The van der Waals surface area contributed by atoms with Crippen LogP contribution < -0.4 is 5.32 Å². The zero-order chi connectivity index (χ0) is 13.3. The number of anilines is 1. The van der Waals surface area contributed by atoms with Crippen molar-refractivity contribution in [2.24, 2.45) is 0 Å². The molecule has 0 aliphatic heterocycles. The van der Waals surface area contributed by atoms with Gasteiger partial charge in [-0.15, -0.1) is 11.3 Å². The van der Waals surface area contributed by atoms with Crippen LogP contribution in [-0.4, -0.2) is 5.91 Å². The van der Waals surface area contributed by atoms with Gasteiger partial charge in [-0.3, -0.25) is 4.79 Å². The number of nitrogens with one attached hydrogen (secondary N) is 1. The van der Waals surface area contributed by atoms with Crippen molar-refractivity contribution < 1.29 is 13.6 Å². The van der Waals surface area contributed by atoms with E-state index < -0.39 is 17.5 Å². The van der Waals surface area contributed by atoms with Gasteiger partial charge < -0.3 is 5.32 Å². The van der Waals surface area contributed by atoms with Gasteiger partial charge in [0.1, 0.15) is 0 Å². The molecule has 18 heavy (non-hydrogen) atoms. The van der Waals surface area contributed by atoms with E-state index >= 15 is 0 Å². The van der Waals surface area contributed by atoms with E-state index in [1.54, 1.807) is 6.07 Å². The molecule has 1 aromatic heterocycles. The summed E-state index contributed by atoms with van der Waals surface area (Å²) in [4.78, 5) is 11.9. The van der Waals surface area contributed by atoms with E-state index in [0.29, 0.717) is 9.35 Å². The summed E-state index contributed by atoms with van der Waals surface area (Å²) >= 11 is 7.86. The molecule has 0 saturated heterocycles. The molecule has 2 rings (SSSR count). The lowest BCUT2D eigenvalue weighted by Crippen LogP contribution is -2.11. The summed E-state index contributed by atoms with van der Waals surface area (Å²) in [6, 6.07) is 4.83. The van der Waals surface area contributed by atoms with E-state index in [1.807, 2.05) is 0 Å². The molecule has 2 aromatic rings. The van der Waals surface area contributed by atoms with Gasteiger partial charge in [-0.1, -0.05) is 0 Å². The molecule has 0 saturated carbocycles. The Bertz CT molecular complexity index is 615. The molecule has 2 nitrogen and oxygen atoms in total. The Labute approximate surface area is 122 Å². The van der Waals surface area contributed by atoms with Gasteiger partial charge in [-0.25, -0.2) is 8.78 Å². The van der Waals surface area contributed by atoms with E-state index in [9.17, 15) is 13.6 Å². The van der Waals surface area contributed by atoms with Gasteiger partial charge in [-0.05, 0) is 50.1 Å². The highest BCUT2D eigenvalue weighted by molar-refractivity contribution is 9.12. The van der Waals surface area contributed by atoms with Crippen molar-refractivity contribution in [2.45, 2.75) is 0 Å². The second-order valence-electron chi connectivity index (χ2n) is 3.32. The molecular weight excluding hydrogens is 392 g/mol. The van der Waals surface area contributed by atoms with Gasteiger partial charge in [0.05, 0.1) is 13.1 Å². The average Bonchev–Trinajstić information content (AvgIpc) is 2.63. The van der Waals surface area contributed by atoms with Gasteiger partial charge in [0.15, 0.2) is 11.6 Å². The van der Waals surface area contributed by atoms with Crippen molar-refractivity contribution in [3.63, 3.8) is 0 Å². The minimum Gasteiger partial charge on any atom is -0.322 e. The lowest BCUT2D eigenvalue weighted by molar-refractivity contribution is 0.102. The van der Waals surface area contributed by atoms with E-state index in [2.05, 4.69) is 37.2 Å². The maximum atomic E-state index is 13.0. The molecule has 1 heterocycles. The molecule has 0 spiro atoms. The highest BCUT2D eigenvalue weighted by Gasteiger charge is 2.14. The molecule has 0 aliphatic rings. The minimum absolute atomic E-state index is 0.202. The Morgan fingerprint density at radius 2 is 1.89 bits per heavy atom. The number of thiophene rings is 1. The number of hydrogen-bond acceptors (Lipinski definition) is 2. The molecule has 1 amide bonds. The lowest BCUT2D eigenvalue weighted by Gasteiger charge is -2.04. The molecule has 0 radical (unpaired) electrons. The fourth-order valence-corrected chi connectivity index (χ4v) is 4.06. The van der Waals surface area contributed by atoms with Gasteiger partial charge in [0.25, 0.3) is 5.91 Å². The molecule has 0 aliphatic carbocycles. The molecule has 1 N–H and O–H groups in total. The highest BCUT2D eigenvalue weighted by Crippen LogP contribution is 2.32. The average molecular weight is 397 g/mol.